The van der Waals surface area contributed by atoms with E-state index in [0.717, 1.165) is 59.1 Å². The predicted molar refractivity (Wildman–Crippen MR) is 193 cm³/mol. The molecule has 0 aliphatic heterocycles. The summed E-state index contributed by atoms with van der Waals surface area (Å²) in [4.78, 5) is 0. The van der Waals surface area contributed by atoms with Crippen molar-refractivity contribution in [2.24, 2.45) is 0 Å². The Morgan fingerprint density at radius 3 is 1.57 bits per heavy atom. The lowest BCUT2D eigenvalue weighted by molar-refractivity contribution is 0.0127. The molecule has 6 aromatic carbocycles. The quantitative estimate of drug-likeness (QED) is 0.0602. The van der Waals surface area contributed by atoms with Crippen molar-refractivity contribution in [3.63, 3.8) is 0 Å². The van der Waals surface area contributed by atoms with E-state index in [1.54, 1.807) is 14.2 Å². The molecular weight excluding hydrogens is 584 g/mol. The summed E-state index contributed by atoms with van der Waals surface area (Å²) >= 11 is 0. The van der Waals surface area contributed by atoms with Gasteiger partial charge in [-0.3, -0.25) is 0 Å². The van der Waals surface area contributed by atoms with Gasteiger partial charge in [0.15, 0.2) is 0 Å². The summed E-state index contributed by atoms with van der Waals surface area (Å²) in [6.07, 6.45) is 1.50. The fourth-order valence-electron chi connectivity index (χ4n) is 6.26. The zero-order chi connectivity index (χ0) is 32.5. The molecular formula is C41H42N2O4. The van der Waals surface area contributed by atoms with Gasteiger partial charge < -0.3 is 30.0 Å². The lowest BCUT2D eigenvalue weighted by atomic mass is 9.80. The Labute approximate surface area is 276 Å². The second kappa shape index (κ2) is 15.0. The van der Waals surface area contributed by atoms with Crippen molar-refractivity contribution in [3.8, 4) is 11.5 Å². The van der Waals surface area contributed by atoms with Crippen LogP contribution < -0.4 is 20.1 Å². The minimum absolute atomic E-state index is 0.172. The molecule has 0 fully saturated rings. The van der Waals surface area contributed by atoms with Crippen molar-refractivity contribution in [1.29, 1.82) is 0 Å². The molecule has 6 rings (SSSR count). The molecule has 3 N–H and O–H groups in total. The Hall–Kier alpha value is -5.04. The number of fused-ring (bicyclic) bond motifs is 2. The number of benzene rings is 6. The Morgan fingerprint density at radius 2 is 1.06 bits per heavy atom. The maximum atomic E-state index is 9.25. The van der Waals surface area contributed by atoms with Crippen molar-refractivity contribution in [2.45, 2.75) is 18.4 Å². The summed E-state index contributed by atoms with van der Waals surface area (Å²) in [6.45, 7) is 2.16. The molecule has 6 nitrogen and oxygen atoms in total. The first kappa shape index (κ1) is 31.9. The molecule has 0 bridgehead atoms. The molecule has 6 heteroatoms. The SMILES string of the molecule is COc1ccc(C(OCCCNc2cccc3cc4cccc(NCCCO)c4cc23)(c2ccccc2)c2ccc(OC)cc2)cc1. The Kier molecular flexibility index (Phi) is 10.2. The van der Waals surface area contributed by atoms with Gasteiger partial charge in [0.25, 0.3) is 0 Å². The minimum atomic E-state index is -0.836. The first-order valence-electron chi connectivity index (χ1n) is 16.2. The summed E-state index contributed by atoms with van der Waals surface area (Å²) < 4.78 is 18.0. The van der Waals surface area contributed by atoms with Crippen LogP contribution in [0.4, 0.5) is 11.4 Å². The number of rotatable bonds is 15. The number of hydrogen-bond donors (Lipinski definition) is 3. The smallest absolute Gasteiger partial charge is 0.143 e. The summed E-state index contributed by atoms with van der Waals surface area (Å²) in [5, 5.41) is 21.1. The molecule has 0 saturated heterocycles. The molecule has 0 aliphatic carbocycles. The van der Waals surface area contributed by atoms with Crippen LogP contribution in [0.15, 0.2) is 127 Å². The molecule has 240 valence electrons. The third-order valence-corrected chi connectivity index (χ3v) is 8.66. The van der Waals surface area contributed by atoms with Crippen molar-refractivity contribution < 1.29 is 19.3 Å². The van der Waals surface area contributed by atoms with Gasteiger partial charge >= 0.3 is 0 Å². The zero-order valence-electron chi connectivity index (χ0n) is 27.0. The number of hydrogen-bond acceptors (Lipinski definition) is 6. The molecule has 0 radical (unpaired) electrons. The van der Waals surface area contributed by atoms with E-state index in [-0.39, 0.29) is 6.61 Å². The van der Waals surface area contributed by atoms with Crippen LogP contribution in [0.1, 0.15) is 29.5 Å². The van der Waals surface area contributed by atoms with Gasteiger partial charge in [-0.25, -0.2) is 0 Å². The summed E-state index contributed by atoms with van der Waals surface area (Å²) in [5.41, 5.74) is 4.42. The van der Waals surface area contributed by atoms with Crippen molar-refractivity contribution in [3.05, 3.63) is 144 Å². The van der Waals surface area contributed by atoms with Crippen molar-refractivity contribution in [2.75, 3.05) is 51.2 Å². The first-order valence-corrected chi connectivity index (χ1v) is 16.2. The van der Waals surface area contributed by atoms with Crippen LogP contribution in [0.25, 0.3) is 21.5 Å². The van der Waals surface area contributed by atoms with E-state index in [2.05, 4.69) is 108 Å². The van der Waals surface area contributed by atoms with Crippen LogP contribution >= 0.6 is 0 Å². The van der Waals surface area contributed by atoms with Gasteiger partial charge in [-0.1, -0.05) is 78.9 Å². The minimum Gasteiger partial charge on any atom is -0.497 e. The topological polar surface area (TPSA) is 72.0 Å². The molecule has 0 spiro atoms. The van der Waals surface area contributed by atoms with Crippen LogP contribution in [-0.4, -0.2) is 45.6 Å². The van der Waals surface area contributed by atoms with Crippen LogP contribution in [0, 0.1) is 0 Å². The average Bonchev–Trinajstić information content (AvgIpc) is 3.13. The van der Waals surface area contributed by atoms with E-state index in [9.17, 15) is 5.11 Å². The third-order valence-electron chi connectivity index (χ3n) is 8.66. The van der Waals surface area contributed by atoms with Crippen LogP contribution in [-0.2, 0) is 10.3 Å². The number of methoxy groups -OCH3 is 2. The Morgan fingerprint density at radius 1 is 0.553 bits per heavy atom. The van der Waals surface area contributed by atoms with E-state index in [1.165, 1.54) is 21.5 Å². The number of aliphatic hydroxyl groups excluding tert-OH is 1. The lowest BCUT2D eigenvalue weighted by Crippen LogP contribution is -2.33. The molecule has 0 heterocycles. The molecule has 6 aromatic rings. The average molecular weight is 627 g/mol. The fraction of sp³-hybridized carbons (Fsp3) is 0.220. The first-order chi connectivity index (χ1) is 23.2. The van der Waals surface area contributed by atoms with Gasteiger partial charge in [0.2, 0.25) is 0 Å². The third kappa shape index (κ3) is 6.89. The molecule has 0 unspecified atom stereocenters. The van der Waals surface area contributed by atoms with Gasteiger partial charge in [0.05, 0.1) is 20.8 Å². The number of ether oxygens (including phenoxy) is 3. The van der Waals surface area contributed by atoms with Gasteiger partial charge in [-0.05, 0) is 88.8 Å². The van der Waals surface area contributed by atoms with Gasteiger partial charge in [0.1, 0.15) is 17.1 Å². The van der Waals surface area contributed by atoms with E-state index in [0.29, 0.717) is 13.0 Å². The van der Waals surface area contributed by atoms with E-state index in [4.69, 9.17) is 14.2 Å². The predicted octanol–water partition coefficient (Wildman–Crippen LogP) is 8.62. The fourth-order valence-corrected chi connectivity index (χ4v) is 6.26. The van der Waals surface area contributed by atoms with Crippen LogP contribution in [0.5, 0.6) is 11.5 Å². The van der Waals surface area contributed by atoms with Gasteiger partial charge in [-0.2, -0.15) is 0 Å². The van der Waals surface area contributed by atoms with E-state index < -0.39 is 5.60 Å². The second-order valence-electron chi connectivity index (χ2n) is 11.5. The maximum absolute atomic E-state index is 9.25. The highest BCUT2D eigenvalue weighted by Crippen LogP contribution is 2.42. The summed E-state index contributed by atoms with van der Waals surface area (Å²) in [5.74, 6) is 1.59. The molecule has 0 atom stereocenters. The van der Waals surface area contributed by atoms with Crippen LogP contribution in [0.2, 0.25) is 0 Å². The van der Waals surface area contributed by atoms with E-state index in [1.807, 2.05) is 30.3 Å². The zero-order valence-corrected chi connectivity index (χ0v) is 27.0. The molecule has 0 saturated carbocycles. The summed E-state index contributed by atoms with van der Waals surface area (Å²) in [7, 11) is 3.36. The monoisotopic (exact) mass is 626 g/mol. The van der Waals surface area contributed by atoms with Crippen LogP contribution in [0.3, 0.4) is 0 Å². The van der Waals surface area contributed by atoms with Gasteiger partial charge in [0, 0.05) is 41.8 Å². The summed E-state index contributed by atoms with van der Waals surface area (Å²) in [6, 6.07) is 43.9. The molecule has 0 amide bonds. The Bertz CT molecular complexity index is 1840. The van der Waals surface area contributed by atoms with Crippen molar-refractivity contribution in [1.82, 2.24) is 0 Å². The van der Waals surface area contributed by atoms with Gasteiger partial charge in [-0.15, -0.1) is 0 Å². The highest BCUT2D eigenvalue weighted by Gasteiger charge is 2.37. The van der Waals surface area contributed by atoms with Crippen molar-refractivity contribution >= 4 is 32.9 Å². The normalized spacial score (nSPS) is 11.5. The largest absolute Gasteiger partial charge is 0.497 e. The van der Waals surface area contributed by atoms with E-state index >= 15 is 0 Å². The highest BCUT2D eigenvalue weighted by atomic mass is 16.5. The lowest BCUT2D eigenvalue weighted by Gasteiger charge is -2.36. The highest BCUT2D eigenvalue weighted by molar-refractivity contribution is 6.07. The number of aliphatic hydroxyl groups is 1. The second-order valence-corrected chi connectivity index (χ2v) is 11.5. The standard InChI is InChI=1S/C41H42N2O4/c1-45-35-20-16-33(17-21-35)41(32-12-4-3-5-13-32,34-18-22-36(46-2)23-19-34)47-27-9-25-43-40-15-7-11-31-28-30-10-6-14-39(42-24-8-26-44)37(30)29-38(31)40/h3-7,10-23,28-29,42-44H,8-9,24-27H2,1-2H3. The maximum Gasteiger partial charge on any atom is 0.143 e. The number of anilines is 2. The Balaban J connectivity index is 1.26. The molecule has 0 aliphatic rings. The molecule has 0 aromatic heterocycles. The molecule has 47 heavy (non-hydrogen) atoms. The number of nitrogens with one attached hydrogen (secondary N) is 2.